The summed E-state index contributed by atoms with van der Waals surface area (Å²) >= 11 is 0. The molecule has 0 amide bonds. The van der Waals surface area contributed by atoms with Crippen molar-refractivity contribution in [3.63, 3.8) is 0 Å². The molecule has 4 fully saturated rings. The van der Waals surface area contributed by atoms with Crippen molar-refractivity contribution in [3.05, 3.63) is 149 Å². The molecule has 4 bridgehead atoms. The second kappa shape index (κ2) is 11.2. The summed E-state index contributed by atoms with van der Waals surface area (Å²) in [5.41, 5.74) is 16.9. The van der Waals surface area contributed by atoms with Gasteiger partial charge in [-0.05, 0) is 136 Å². The summed E-state index contributed by atoms with van der Waals surface area (Å²) in [6, 6.07) is 43.4. The van der Waals surface area contributed by atoms with E-state index in [1.54, 1.807) is 0 Å². The highest BCUT2D eigenvalue weighted by Gasteiger charge is 2.58. The van der Waals surface area contributed by atoms with Gasteiger partial charge >= 0.3 is 0 Å². The fraction of sp³-hybridized carbons (Fsp3) is 0.280. The third kappa shape index (κ3) is 4.65. The van der Waals surface area contributed by atoms with Gasteiger partial charge in [-0.25, -0.2) is 0 Å². The van der Waals surface area contributed by atoms with Gasteiger partial charge in [-0.15, -0.1) is 0 Å². The number of hydrogen-bond donors (Lipinski definition) is 0. The lowest BCUT2D eigenvalue weighted by Crippen LogP contribution is -2.55. The first-order valence-corrected chi connectivity index (χ1v) is 19.8. The molecule has 0 N–H and O–H groups in total. The quantitative estimate of drug-likeness (QED) is 0.168. The van der Waals surface area contributed by atoms with Crippen molar-refractivity contribution in [3.8, 4) is 0 Å². The van der Waals surface area contributed by atoms with Crippen LogP contribution in [0.2, 0.25) is 0 Å². The molecule has 0 spiro atoms. The Balaban J connectivity index is 1.04. The van der Waals surface area contributed by atoms with Gasteiger partial charge in [-0.3, -0.25) is 0 Å². The van der Waals surface area contributed by atoms with Gasteiger partial charge < -0.3 is 8.83 Å². The summed E-state index contributed by atoms with van der Waals surface area (Å²) in [6.07, 6.45) is 7.84. The van der Waals surface area contributed by atoms with Gasteiger partial charge in [0.15, 0.2) is 0 Å². The molecule has 0 saturated heterocycles. The zero-order chi connectivity index (χ0) is 35.6. The second-order valence-corrected chi connectivity index (χ2v) is 17.4. The first kappa shape index (κ1) is 31.5. The molecule has 3 heteroatoms. The lowest BCUT2D eigenvalue weighted by molar-refractivity contribution is -0.0280. The van der Waals surface area contributed by atoms with Gasteiger partial charge in [0.25, 0.3) is 0 Å². The van der Waals surface area contributed by atoms with Crippen molar-refractivity contribution in [2.24, 2.45) is 11.8 Å². The highest BCUT2D eigenvalue weighted by atomic mass is 16.3. The molecule has 4 aliphatic rings. The van der Waals surface area contributed by atoms with Crippen molar-refractivity contribution in [1.82, 2.24) is 0 Å². The fourth-order valence-electron chi connectivity index (χ4n) is 12.3. The predicted octanol–water partition coefficient (Wildman–Crippen LogP) is 11.0. The minimum Gasteiger partial charge on any atom is -0.456 e. The van der Waals surface area contributed by atoms with Crippen LogP contribution >= 0.6 is 0 Å². The van der Waals surface area contributed by atoms with Gasteiger partial charge in [0.1, 0.15) is 22.3 Å². The van der Waals surface area contributed by atoms with E-state index in [1.165, 1.54) is 110 Å². The molecule has 0 aliphatic heterocycles. The summed E-state index contributed by atoms with van der Waals surface area (Å²) in [5.74, 6) is 1.54. The molecule has 12 rings (SSSR count). The molecule has 53 heavy (non-hydrogen) atoms. The topological polar surface area (TPSA) is 26.3 Å². The molecule has 8 aromatic rings. The minimum atomic E-state index is 0.141. The first-order valence-electron chi connectivity index (χ1n) is 19.8. The van der Waals surface area contributed by atoms with Crippen LogP contribution in [0.4, 0.5) is 0 Å². The van der Waals surface area contributed by atoms with Gasteiger partial charge in [0.2, 0.25) is 6.71 Å². The molecule has 2 heterocycles. The number of rotatable bonds is 5. The van der Waals surface area contributed by atoms with Crippen LogP contribution in [0.5, 0.6) is 0 Å². The summed E-state index contributed by atoms with van der Waals surface area (Å²) in [6.45, 7) is 9.23. The molecule has 260 valence electrons. The summed E-state index contributed by atoms with van der Waals surface area (Å²) < 4.78 is 12.9. The summed E-state index contributed by atoms with van der Waals surface area (Å²) in [7, 11) is 0. The number of fused-ring (bicyclic) bond motifs is 6. The maximum absolute atomic E-state index is 6.62. The molecular weight excluding hydrogens is 643 g/mol. The second-order valence-electron chi connectivity index (χ2n) is 17.4. The maximum Gasteiger partial charge on any atom is 0.242 e. The van der Waals surface area contributed by atoms with Crippen LogP contribution < -0.4 is 16.4 Å². The zero-order valence-electron chi connectivity index (χ0n) is 31.3. The number of furan rings is 2. The third-order valence-electron chi connectivity index (χ3n) is 14.2. The van der Waals surface area contributed by atoms with Crippen molar-refractivity contribution < 1.29 is 8.83 Å². The molecule has 6 aromatic carbocycles. The van der Waals surface area contributed by atoms with Crippen LogP contribution in [0.1, 0.15) is 71.9 Å². The molecule has 2 unspecified atom stereocenters. The van der Waals surface area contributed by atoms with E-state index >= 15 is 0 Å². The third-order valence-corrected chi connectivity index (χ3v) is 14.2. The largest absolute Gasteiger partial charge is 0.456 e. The van der Waals surface area contributed by atoms with E-state index in [1.807, 2.05) is 0 Å². The minimum absolute atomic E-state index is 0.141. The summed E-state index contributed by atoms with van der Waals surface area (Å²) in [5, 5.41) is 5.00. The average Bonchev–Trinajstić information content (AvgIpc) is 3.71. The Kier molecular flexibility index (Phi) is 6.69. The standard InChI is InChI=1S/C50H45BO2/c1-30-9-7-10-31(2)47(30)51(48-32(3)11-8-12-33(48)4)38-17-20-46-42(24-38)41-23-37(16-19-45(41)53-46)50-27-34-21-35(28-50)26-49(25-34,29-50)36-15-18-44-40(22-36)39-13-5-6-14-43(39)52-44/h5-20,22-24,34-35H,21,25-29H2,1-4H3. The Hall–Kier alpha value is -5.02. The van der Waals surface area contributed by atoms with E-state index in [2.05, 4.69) is 143 Å². The van der Waals surface area contributed by atoms with Crippen LogP contribution in [0, 0.1) is 39.5 Å². The number of aryl methyl sites for hydroxylation is 4. The van der Waals surface area contributed by atoms with Gasteiger partial charge in [-0.2, -0.15) is 0 Å². The molecule has 0 radical (unpaired) electrons. The van der Waals surface area contributed by atoms with Crippen LogP contribution in [0.3, 0.4) is 0 Å². The lowest BCUT2D eigenvalue weighted by Gasteiger charge is -2.62. The van der Waals surface area contributed by atoms with E-state index in [0.717, 1.165) is 34.2 Å². The van der Waals surface area contributed by atoms with Crippen molar-refractivity contribution in [2.75, 3.05) is 0 Å². The summed E-state index contributed by atoms with van der Waals surface area (Å²) in [4.78, 5) is 0. The molecule has 4 saturated carbocycles. The Morgan fingerprint density at radius 2 is 0.925 bits per heavy atom. The van der Waals surface area contributed by atoms with E-state index in [0.29, 0.717) is 0 Å². The highest BCUT2D eigenvalue weighted by molar-refractivity contribution is 6.96. The van der Waals surface area contributed by atoms with Crippen LogP contribution in [0.15, 0.2) is 124 Å². The molecule has 4 aliphatic carbocycles. The number of hydrogen-bond acceptors (Lipinski definition) is 2. The van der Waals surface area contributed by atoms with E-state index < -0.39 is 0 Å². The zero-order valence-corrected chi connectivity index (χ0v) is 31.3. The first-order chi connectivity index (χ1) is 25.8. The highest BCUT2D eigenvalue weighted by Crippen LogP contribution is 2.66. The fourth-order valence-corrected chi connectivity index (χ4v) is 12.3. The van der Waals surface area contributed by atoms with Crippen LogP contribution in [-0.4, -0.2) is 6.71 Å². The molecule has 2 nitrogen and oxygen atoms in total. The number of benzene rings is 6. The van der Waals surface area contributed by atoms with E-state index in [9.17, 15) is 0 Å². The predicted molar refractivity (Wildman–Crippen MR) is 222 cm³/mol. The Morgan fingerprint density at radius 1 is 0.472 bits per heavy atom. The monoisotopic (exact) mass is 688 g/mol. The SMILES string of the molecule is Cc1cccc(C)c1B(c1ccc2oc3ccc(C45CC6CC(CC(c7ccc8oc9ccccc9c8c7)(C6)C4)C5)cc3c2c1)c1c(C)cccc1C. The molecular formula is C50H45BO2. The van der Waals surface area contributed by atoms with Crippen molar-refractivity contribution in [1.29, 1.82) is 0 Å². The normalized spacial score (nSPS) is 23.5. The van der Waals surface area contributed by atoms with Crippen LogP contribution in [0.25, 0.3) is 43.9 Å². The van der Waals surface area contributed by atoms with Gasteiger partial charge in [0, 0.05) is 21.5 Å². The van der Waals surface area contributed by atoms with Gasteiger partial charge in [0.05, 0.1) is 0 Å². The Bertz CT molecular complexity index is 2670. The van der Waals surface area contributed by atoms with Crippen LogP contribution in [-0.2, 0) is 10.8 Å². The molecule has 2 aromatic heterocycles. The Morgan fingerprint density at radius 3 is 1.47 bits per heavy atom. The van der Waals surface area contributed by atoms with Crippen molar-refractivity contribution in [2.45, 2.75) is 77.0 Å². The maximum atomic E-state index is 6.62. The van der Waals surface area contributed by atoms with Crippen molar-refractivity contribution >= 4 is 67.0 Å². The Labute approximate surface area is 312 Å². The average molecular weight is 689 g/mol. The van der Waals surface area contributed by atoms with E-state index in [4.69, 9.17) is 8.83 Å². The lowest BCUT2D eigenvalue weighted by atomic mass is 9.34. The smallest absolute Gasteiger partial charge is 0.242 e. The molecule has 2 atom stereocenters. The van der Waals surface area contributed by atoms with Gasteiger partial charge in [-0.1, -0.05) is 118 Å². The number of para-hydroxylation sites is 1. The van der Waals surface area contributed by atoms with E-state index in [-0.39, 0.29) is 17.5 Å².